The molecule has 4 nitrogen and oxygen atoms in total. The molecule has 0 spiro atoms. The third-order valence-electron chi connectivity index (χ3n) is 2.53. The maximum Gasteiger partial charge on any atom is 0.471 e. The van der Waals surface area contributed by atoms with Crippen LogP contribution in [0.2, 0.25) is 0 Å². The van der Waals surface area contributed by atoms with Gasteiger partial charge in [-0.25, -0.2) is 0 Å². The molecule has 0 aliphatic heterocycles. The number of alkyl halides is 3. The second-order valence-corrected chi connectivity index (χ2v) is 4.08. The zero-order chi connectivity index (χ0) is 15.9. The van der Waals surface area contributed by atoms with Gasteiger partial charge in [-0.1, -0.05) is 18.2 Å². The van der Waals surface area contributed by atoms with E-state index in [1.54, 1.807) is 0 Å². The quantitative estimate of drug-likeness (QED) is 0.648. The van der Waals surface area contributed by atoms with E-state index in [0.717, 1.165) is 0 Å². The molecule has 0 bridgehead atoms. The lowest BCUT2D eigenvalue weighted by Gasteiger charge is -2.20. The van der Waals surface area contributed by atoms with E-state index < -0.39 is 18.1 Å². The van der Waals surface area contributed by atoms with E-state index >= 15 is 0 Å². The Labute approximate surface area is 119 Å². The van der Waals surface area contributed by atoms with Gasteiger partial charge in [0.1, 0.15) is 0 Å². The van der Waals surface area contributed by atoms with E-state index in [2.05, 4.69) is 6.58 Å². The molecule has 7 heteroatoms. The molecule has 0 heterocycles. The molecule has 112 valence electrons. The maximum atomic E-state index is 12.3. The van der Waals surface area contributed by atoms with Gasteiger partial charge in [-0.15, -0.1) is 6.58 Å². The van der Waals surface area contributed by atoms with Crippen LogP contribution in [0.25, 0.3) is 0 Å². The SMILES string of the molecule is C=CCOC[C@H](NC(=O)C(F)(F)F)c1ccc(C#N)cc1. The second-order valence-electron chi connectivity index (χ2n) is 4.08. The molecule has 1 amide bonds. The lowest BCUT2D eigenvalue weighted by Crippen LogP contribution is -2.40. The normalized spacial score (nSPS) is 12.3. The van der Waals surface area contributed by atoms with Gasteiger partial charge < -0.3 is 10.1 Å². The fourth-order valence-electron chi connectivity index (χ4n) is 1.52. The summed E-state index contributed by atoms with van der Waals surface area (Å²) in [5.74, 6) is -2.04. The average Bonchev–Trinajstić information content (AvgIpc) is 2.45. The molecular formula is C14H13F3N2O2. The van der Waals surface area contributed by atoms with Crippen molar-refractivity contribution in [3.8, 4) is 6.07 Å². The van der Waals surface area contributed by atoms with Crippen LogP contribution in [0.1, 0.15) is 17.2 Å². The van der Waals surface area contributed by atoms with E-state index in [9.17, 15) is 18.0 Å². The highest BCUT2D eigenvalue weighted by atomic mass is 19.4. The summed E-state index contributed by atoms with van der Waals surface area (Å²) in [5, 5.41) is 10.6. The molecular weight excluding hydrogens is 285 g/mol. The Morgan fingerprint density at radius 3 is 2.52 bits per heavy atom. The number of nitrogens with one attached hydrogen (secondary N) is 1. The molecule has 0 fully saturated rings. The van der Waals surface area contributed by atoms with E-state index in [1.165, 1.54) is 30.3 Å². The third-order valence-corrected chi connectivity index (χ3v) is 2.53. The van der Waals surface area contributed by atoms with Crippen molar-refractivity contribution in [1.29, 1.82) is 5.26 Å². The largest absolute Gasteiger partial charge is 0.471 e. The van der Waals surface area contributed by atoms with Gasteiger partial charge in [0.2, 0.25) is 0 Å². The molecule has 0 unspecified atom stereocenters. The fourth-order valence-corrected chi connectivity index (χ4v) is 1.52. The number of nitrogens with zero attached hydrogens (tertiary/aromatic N) is 1. The number of nitriles is 1. The molecule has 1 atom stereocenters. The van der Waals surface area contributed by atoms with Gasteiger partial charge in [-0.2, -0.15) is 18.4 Å². The second kappa shape index (κ2) is 7.45. The first-order valence-corrected chi connectivity index (χ1v) is 5.95. The molecule has 21 heavy (non-hydrogen) atoms. The monoisotopic (exact) mass is 298 g/mol. The summed E-state index contributed by atoms with van der Waals surface area (Å²) in [5.41, 5.74) is 0.780. The van der Waals surface area contributed by atoms with Crippen molar-refractivity contribution in [2.75, 3.05) is 13.2 Å². The summed E-state index contributed by atoms with van der Waals surface area (Å²) in [6.07, 6.45) is -3.52. The predicted octanol–water partition coefficient (Wildman–Crippen LogP) is 2.48. The minimum absolute atomic E-state index is 0.139. The van der Waals surface area contributed by atoms with Crippen molar-refractivity contribution in [2.24, 2.45) is 0 Å². The van der Waals surface area contributed by atoms with Crippen LogP contribution in [-0.2, 0) is 9.53 Å². The summed E-state index contributed by atoms with van der Waals surface area (Å²) in [7, 11) is 0. The van der Waals surface area contributed by atoms with Crippen molar-refractivity contribution in [3.63, 3.8) is 0 Å². The molecule has 0 aliphatic carbocycles. The van der Waals surface area contributed by atoms with Crippen molar-refractivity contribution in [3.05, 3.63) is 48.0 Å². The van der Waals surface area contributed by atoms with Gasteiger partial charge in [0.05, 0.1) is 30.9 Å². The molecule has 0 saturated carbocycles. The Morgan fingerprint density at radius 2 is 2.05 bits per heavy atom. The van der Waals surface area contributed by atoms with Gasteiger partial charge in [-0.3, -0.25) is 4.79 Å². The van der Waals surface area contributed by atoms with Gasteiger partial charge in [0, 0.05) is 0 Å². The number of ether oxygens (including phenoxy) is 1. The van der Waals surface area contributed by atoms with Crippen LogP contribution in [-0.4, -0.2) is 25.3 Å². The summed E-state index contributed by atoms with van der Waals surface area (Å²) >= 11 is 0. The lowest BCUT2D eigenvalue weighted by molar-refractivity contribution is -0.174. The van der Waals surface area contributed by atoms with Crippen LogP contribution in [0.4, 0.5) is 13.2 Å². The number of rotatable bonds is 6. The maximum absolute atomic E-state index is 12.3. The molecule has 1 rings (SSSR count). The van der Waals surface area contributed by atoms with Crippen LogP contribution in [0.5, 0.6) is 0 Å². The molecule has 0 aromatic heterocycles. The lowest BCUT2D eigenvalue weighted by atomic mass is 10.1. The average molecular weight is 298 g/mol. The number of hydrogen-bond donors (Lipinski definition) is 1. The molecule has 1 aromatic rings. The van der Waals surface area contributed by atoms with Crippen molar-refractivity contribution in [1.82, 2.24) is 5.32 Å². The van der Waals surface area contributed by atoms with Crippen molar-refractivity contribution in [2.45, 2.75) is 12.2 Å². The number of carbonyl (C=O) groups excluding carboxylic acids is 1. The van der Waals surface area contributed by atoms with Crippen LogP contribution < -0.4 is 5.32 Å². The molecule has 1 aromatic carbocycles. The Kier molecular flexibility index (Phi) is 5.93. The highest BCUT2D eigenvalue weighted by molar-refractivity contribution is 5.82. The van der Waals surface area contributed by atoms with Gasteiger partial charge >= 0.3 is 12.1 Å². The molecule has 1 N–H and O–H groups in total. The van der Waals surface area contributed by atoms with Crippen LogP contribution >= 0.6 is 0 Å². The first-order chi connectivity index (χ1) is 9.88. The van der Waals surface area contributed by atoms with E-state index in [1.807, 2.05) is 11.4 Å². The number of hydrogen-bond acceptors (Lipinski definition) is 3. The Hall–Kier alpha value is -2.33. The first-order valence-electron chi connectivity index (χ1n) is 5.95. The topological polar surface area (TPSA) is 62.1 Å². The molecule has 0 saturated heterocycles. The van der Waals surface area contributed by atoms with Gasteiger partial charge in [0.25, 0.3) is 0 Å². The van der Waals surface area contributed by atoms with Crippen LogP contribution in [0, 0.1) is 11.3 Å². The molecule has 0 radical (unpaired) electrons. The summed E-state index contributed by atoms with van der Waals surface area (Å²) in [6, 6.07) is 6.78. The predicted molar refractivity (Wildman–Crippen MR) is 69.1 cm³/mol. The Bertz CT molecular complexity index is 533. The Balaban J connectivity index is 2.87. The minimum atomic E-state index is -4.97. The van der Waals surface area contributed by atoms with Crippen LogP contribution in [0.15, 0.2) is 36.9 Å². The zero-order valence-electron chi connectivity index (χ0n) is 11.0. The standard InChI is InChI=1S/C14H13F3N2O2/c1-2-7-21-9-12(19-13(20)14(15,16)17)11-5-3-10(8-18)4-6-11/h2-6,12H,1,7,9H2,(H,19,20)/t12-/m0/s1. The highest BCUT2D eigenvalue weighted by Gasteiger charge is 2.39. The minimum Gasteiger partial charge on any atom is -0.375 e. The number of benzene rings is 1. The van der Waals surface area contributed by atoms with E-state index in [4.69, 9.17) is 10.00 Å². The Morgan fingerprint density at radius 1 is 1.43 bits per heavy atom. The van der Waals surface area contributed by atoms with Crippen molar-refractivity contribution >= 4 is 5.91 Å². The van der Waals surface area contributed by atoms with Gasteiger partial charge in [-0.05, 0) is 17.7 Å². The summed E-state index contributed by atoms with van der Waals surface area (Å²) in [4.78, 5) is 11.0. The van der Waals surface area contributed by atoms with E-state index in [0.29, 0.717) is 11.1 Å². The zero-order valence-corrected chi connectivity index (χ0v) is 11.0. The number of halogens is 3. The van der Waals surface area contributed by atoms with Crippen LogP contribution in [0.3, 0.4) is 0 Å². The highest BCUT2D eigenvalue weighted by Crippen LogP contribution is 2.19. The number of carbonyl (C=O) groups is 1. The smallest absolute Gasteiger partial charge is 0.375 e. The van der Waals surface area contributed by atoms with E-state index in [-0.39, 0.29) is 13.2 Å². The molecule has 0 aliphatic rings. The van der Waals surface area contributed by atoms with Crippen molar-refractivity contribution < 1.29 is 22.7 Å². The summed E-state index contributed by atoms with van der Waals surface area (Å²) in [6.45, 7) is 3.43. The third kappa shape index (κ3) is 5.28. The van der Waals surface area contributed by atoms with Gasteiger partial charge in [0.15, 0.2) is 0 Å². The number of amides is 1. The fraction of sp³-hybridized carbons (Fsp3) is 0.286. The summed E-state index contributed by atoms with van der Waals surface area (Å²) < 4.78 is 42.1. The first kappa shape index (κ1) is 16.7.